The average Bonchev–Trinajstić information content (AvgIpc) is 2.75. The second kappa shape index (κ2) is 11.0. The third-order valence-corrected chi connectivity index (χ3v) is 7.31. The van der Waals surface area contributed by atoms with E-state index in [4.69, 9.17) is 13.9 Å². The van der Waals surface area contributed by atoms with Crippen LogP contribution < -0.4 is 13.9 Å². The van der Waals surface area contributed by atoms with Gasteiger partial charge in [0.05, 0.1) is 0 Å². The van der Waals surface area contributed by atoms with Gasteiger partial charge >= 0.3 is 9.76 Å². The Morgan fingerprint density at radius 3 is 1.15 bits per heavy atom. The first-order chi connectivity index (χ1) is 17.7. The molecule has 0 N–H and O–H groups in total. The van der Waals surface area contributed by atoms with Crippen molar-refractivity contribution in [1.82, 2.24) is 0 Å². The van der Waals surface area contributed by atoms with Crippen molar-refractivity contribution in [2.24, 2.45) is 0 Å². The first-order valence-corrected chi connectivity index (χ1v) is 14.8. The fourth-order valence-electron chi connectivity index (χ4n) is 3.97. The summed E-state index contributed by atoms with van der Waals surface area (Å²) < 4.78 is 19.3. The highest BCUT2D eigenvalue weighted by Crippen LogP contribution is 2.38. The topological polar surface area (TPSA) is 27.7 Å². The summed E-state index contributed by atoms with van der Waals surface area (Å²) in [6.45, 7) is 28.6. The molecule has 0 aliphatic rings. The molecule has 39 heavy (non-hydrogen) atoms. The molecular formula is C35H48O3Si. The predicted octanol–water partition coefficient (Wildman–Crippen LogP) is 10.7. The highest BCUT2D eigenvalue weighted by Gasteiger charge is 2.21. The van der Waals surface area contributed by atoms with Crippen molar-refractivity contribution >= 4 is 9.76 Å². The van der Waals surface area contributed by atoms with Crippen LogP contribution in [0, 0.1) is 6.92 Å². The Hall–Kier alpha value is -2.72. The Balaban J connectivity index is 2.03. The van der Waals surface area contributed by atoms with Crippen LogP contribution in [-0.2, 0) is 16.2 Å². The molecule has 3 nitrogen and oxygen atoms in total. The fourth-order valence-corrected chi connectivity index (χ4v) is 4.51. The Kier molecular flexibility index (Phi) is 8.72. The van der Waals surface area contributed by atoms with Crippen molar-refractivity contribution in [2.75, 3.05) is 0 Å². The molecule has 3 rings (SSSR count). The normalized spacial score (nSPS) is 12.8. The van der Waals surface area contributed by atoms with Crippen molar-refractivity contribution in [3.05, 3.63) is 76.9 Å². The molecule has 0 saturated heterocycles. The molecule has 0 aromatic heterocycles. The number of ether oxygens (including phenoxy) is 2. The van der Waals surface area contributed by atoms with Crippen LogP contribution in [-0.4, -0.2) is 9.76 Å². The molecule has 210 valence electrons. The van der Waals surface area contributed by atoms with Crippen molar-refractivity contribution in [1.29, 1.82) is 0 Å². The summed E-state index contributed by atoms with van der Waals surface area (Å²) in [5.74, 6) is 3.95. The van der Waals surface area contributed by atoms with Gasteiger partial charge in [0, 0.05) is 12.1 Å². The molecular weight excluding hydrogens is 496 g/mol. The van der Waals surface area contributed by atoms with Crippen molar-refractivity contribution in [3.8, 4) is 28.7 Å². The second-order valence-electron chi connectivity index (χ2n) is 14.8. The summed E-state index contributed by atoms with van der Waals surface area (Å²) in [6.07, 6.45) is 0. The molecule has 0 spiro atoms. The standard InChI is InChI=1S/C35H48O3Si/c1-23-14-24(32(2,3)4)16-27(15-23)36-28-17-25(33(5,6)7)18-29(21-28)37-30-19-26(34(8,9)10)20-31(22-30)38-39-35(11,12)13/h14-22H,1-13H3. The molecule has 4 heteroatoms. The van der Waals surface area contributed by atoms with Gasteiger partial charge in [-0.25, -0.2) is 0 Å². The van der Waals surface area contributed by atoms with E-state index >= 15 is 0 Å². The zero-order valence-corrected chi connectivity index (χ0v) is 27.4. The Morgan fingerprint density at radius 2 is 0.769 bits per heavy atom. The van der Waals surface area contributed by atoms with Gasteiger partial charge in [0.1, 0.15) is 28.7 Å². The van der Waals surface area contributed by atoms with E-state index in [0.717, 1.165) is 34.3 Å². The van der Waals surface area contributed by atoms with Gasteiger partial charge in [-0.15, -0.1) is 0 Å². The third-order valence-electron chi connectivity index (χ3n) is 6.36. The van der Waals surface area contributed by atoms with Crippen molar-refractivity contribution in [2.45, 2.75) is 111 Å². The molecule has 0 saturated carbocycles. The molecule has 0 bridgehead atoms. The highest BCUT2D eigenvalue weighted by atomic mass is 28.2. The van der Waals surface area contributed by atoms with E-state index in [1.165, 1.54) is 16.7 Å². The third kappa shape index (κ3) is 9.17. The first kappa shape index (κ1) is 30.8. The molecule has 0 heterocycles. The summed E-state index contributed by atoms with van der Waals surface area (Å²) in [4.78, 5) is 0. The molecule has 0 aliphatic carbocycles. The van der Waals surface area contributed by atoms with Gasteiger partial charge in [-0.05, 0) is 86.9 Å². The first-order valence-electron chi connectivity index (χ1n) is 13.9. The predicted molar refractivity (Wildman–Crippen MR) is 166 cm³/mol. The summed E-state index contributed by atoms with van der Waals surface area (Å²) in [5.41, 5.74) is 4.68. The molecule has 0 amide bonds. The maximum atomic E-state index is 6.55. The molecule has 0 unspecified atom stereocenters. The fraction of sp³-hybridized carbons (Fsp3) is 0.486. The summed E-state index contributed by atoms with van der Waals surface area (Å²) in [5, 5.41) is 0.0919. The van der Waals surface area contributed by atoms with E-state index in [9.17, 15) is 0 Å². The van der Waals surface area contributed by atoms with Gasteiger partial charge in [0.2, 0.25) is 0 Å². The van der Waals surface area contributed by atoms with Crippen LogP contribution >= 0.6 is 0 Å². The zero-order chi connectivity index (χ0) is 29.4. The maximum Gasteiger partial charge on any atom is 0.316 e. The van der Waals surface area contributed by atoms with E-state index in [1.54, 1.807) is 0 Å². The Labute approximate surface area is 240 Å². The lowest BCUT2D eigenvalue weighted by Crippen LogP contribution is -2.16. The molecule has 2 radical (unpaired) electrons. The van der Waals surface area contributed by atoms with Crippen LogP contribution in [0.25, 0.3) is 0 Å². The van der Waals surface area contributed by atoms with E-state index in [0.29, 0.717) is 9.76 Å². The van der Waals surface area contributed by atoms with E-state index < -0.39 is 0 Å². The molecule has 0 aliphatic heterocycles. The summed E-state index contributed by atoms with van der Waals surface area (Å²) in [7, 11) is 0.353. The van der Waals surface area contributed by atoms with Crippen LogP contribution in [0.2, 0.25) is 5.04 Å². The van der Waals surface area contributed by atoms with Crippen LogP contribution in [0.15, 0.2) is 54.6 Å². The summed E-state index contributed by atoms with van der Waals surface area (Å²) in [6, 6.07) is 18.9. The largest absolute Gasteiger partial charge is 0.540 e. The van der Waals surface area contributed by atoms with Gasteiger partial charge in [-0.3, -0.25) is 0 Å². The lowest BCUT2D eigenvalue weighted by Gasteiger charge is -2.24. The van der Waals surface area contributed by atoms with Gasteiger partial charge in [-0.2, -0.15) is 0 Å². The van der Waals surface area contributed by atoms with Crippen LogP contribution in [0.5, 0.6) is 28.7 Å². The average molecular weight is 545 g/mol. The smallest absolute Gasteiger partial charge is 0.316 e. The molecule has 0 atom stereocenters. The van der Waals surface area contributed by atoms with Crippen molar-refractivity contribution < 1.29 is 13.9 Å². The van der Waals surface area contributed by atoms with E-state index in [1.807, 2.05) is 12.1 Å². The molecule has 3 aromatic carbocycles. The van der Waals surface area contributed by atoms with Gasteiger partial charge in [0.15, 0.2) is 0 Å². The van der Waals surface area contributed by atoms with Crippen molar-refractivity contribution in [3.63, 3.8) is 0 Å². The number of rotatable bonds is 6. The summed E-state index contributed by atoms with van der Waals surface area (Å²) >= 11 is 0. The number of hydrogen-bond acceptors (Lipinski definition) is 3. The monoisotopic (exact) mass is 544 g/mol. The minimum absolute atomic E-state index is 0.0388. The van der Waals surface area contributed by atoms with E-state index in [-0.39, 0.29) is 21.3 Å². The minimum Gasteiger partial charge on any atom is -0.540 e. The quantitative estimate of drug-likeness (QED) is 0.289. The van der Waals surface area contributed by atoms with Crippen LogP contribution in [0.4, 0.5) is 0 Å². The zero-order valence-electron chi connectivity index (χ0n) is 26.4. The number of benzene rings is 3. The minimum atomic E-state index is -0.0734. The lowest BCUT2D eigenvalue weighted by atomic mass is 9.86. The van der Waals surface area contributed by atoms with E-state index in [2.05, 4.69) is 132 Å². The molecule has 3 aromatic rings. The van der Waals surface area contributed by atoms with Gasteiger partial charge in [0.25, 0.3) is 0 Å². The highest BCUT2D eigenvalue weighted by molar-refractivity contribution is 6.32. The number of hydrogen-bond donors (Lipinski definition) is 0. The Bertz CT molecular complexity index is 1300. The molecule has 0 fully saturated rings. The lowest BCUT2D eigenvalue weighted by molar-refractivity contribution is 0.448. The van der Waals surface area contributed by atoms with Gasteiger partial charge < -0.3 is 13.9 Å². The maximum absolute atomic E-state index is 6.55. The SMILES string of the molecule is Cc1cc(Oc2cc(Oc3cc(O[Si]C(C)(C)C)cc(C(C)(C)C)c3)cc(C(C)(C)C)c2)cc(C(C)(C)C)c1. The Morgan fingerprint density at radius 1 is 0.436 bits per heavy atom. The number of aryl methyl sites for hydroxylation is 1. The van der Waals surface area contributed by atoms with Crippen LogP contribution in [0.3, 0.4) is 0 Å². The second-order valence-corrected chi connectivity index (χ2v) is 16.7. The van der Waals surface area contributed by atoms with Crippen LogP contribution in [0.1, 0.15) is 105 Å². The van der Waals surface area contributed by atoms with Gasteiger partial charge in [-0.1, -0.05) is 89.2 Å².